The molecule has 6 heteroatoms. The molecule has 0 aliphatic carbocycles. The largest absolute Gasteiger partial charge is 0.390 e. The van der Waals surface area contributed by atoms with Gasteiger partial charge in [0.25, 0.3) is 0 Å². The van der Waals surface area contributed by atoms with Gasteiger partial charge in [-0.1, -0.05) is 0 Å². The molecule has 1 unspecified atom stereocenters. The first kappa shape index (κ1) is 15.4. The lowest BCUT2D eigenvalue weighted by molar-refractivity contribution is 0.0218. The van der Waals surface area contributed by atoms with Gasteiger partial charge in [-0.2, -0.15) is 0 Å². The Morgan fingerprint density at radius 3 is 2.72 bits per heavy atom. The van der Waals surface area contributed by atoms with Crippen LogP contribution in [0.25, 0.3) is 0 Å². The van der Waals surface area contributed by atoms with Gasteiger partial charge in [0, 0.05) is 17.8 Å². The SMILES string of the molecule is COCCOCC(O)CSc1ccc(F)c(F)c1. The molecule has 0 aromatic heterocycles. The first-order chi connectivity index (χ1) is 8.63. The summed E-state index contributed by atoms with van der Waals surface area (Å²) in [5, 5.41) is 9.58. The second-order valence-electron chi connectivity index (χ2n) is 3.61. The highest BCUT2D eigenvalue weighted by molar-refractivity contribution is 7.99. The van der Waals surface area contributed by atoms with E-state index < -0.39 is 17.7 Å². The number of rotatable bonds is 8. The molecule has 102 valence electrons. The number of hydrogen-bond acceptors (Lipinski definition) is 4. The topological polar surface area (TPSA) is 38.7 Å². The molecular formula is C12H16F2O3S. The van der Waals surface area contributed by atoms with E-state index in [1.165, 1.54) is 17.8 Å². The number of hydrogen-bond donors (Lipinski definition) is 1. The Morgan fingerprint density at radius 1 is 1.28 bits per heavy atom. The maximum absolute atomic E-state index is 12.9. The highest BCUT2D eigenvalue weighted by Crippen LogP contribution is 2.21. The second-order valence-corrected chi connectivity index (χ2v) is 4.70. The van der Waals surface area contributed by atoms with E-state index in [9.17, 15) is 13.9 Å². The van der Waals surface area contributed by atoms with Crippen LogP contribution < -0.4 is 0 Å². The Kier molecular flexibility index (Phi) is 7.19. The first-order valence-corrected chi connectivity index (χ1v) is 6.44. The number of ether oxygens (including phenoxy) is 2. The zero-order chi connectivity index (χ0) is 13.4. The van der Waals surface area contributed by atoms with Gasteiger partial charge in [-0.3, -0.25) is 0 Å². The predicted molar refractivity (Wildman–Crippen MR) is 65.8 cm³/mol. The van der Waals surface area contributed by atoms with Crippen molar-refractivity contribution in [2.75, 3.05) is 32.7 Å². The zero-order valence-electron chi connectivity index (χ0n) is 10.1. The van der Waals surface area contributed by atoms with Crippen LogP contribution in [-0.4, -0.2) is 43.9 Å². The summed E-state index contributed by atoms with van der Waals surface area (Å²) in [4.78, 5) is 0.574. The average Bonchev–Trinajstić information content (AvgIpc) is 2.36. The summed E-state index contributed by atoms with van der Waals surface area (Å²) >= 11 is 1.25. The molecular weight excluding hydrogens is 262 g/mol. The van der Waals surface area contributed by atoms with E-state index in [-0.39, 0.29) is 6.61 Å². The number of halogens is 2. The van der Waals surface area contributed by atoms with Gasteiger partial charge in [-0.25, -0.2) is 8.78 Å². The number of methoxy groups -OCH3 is 1. The normalized spacial score (nSPS) is 12.7. The maximum atomic E-state index is 12.9. The summed E-state index contributed by atoms with van der Waals surface area (Å²) in [7, 11) is 1.57. The van der Waals surface area contributed by atoms with E-state index >= 15 is 0 Å². The summed E-state index contributed by atoms with van der Waals surface area (Å²) in [5.41, 5.74) is 0. The molecule has 0 saturated carbocycles. The molecule has 0 spiro atoms. The van der Waals surface area contributed by atoms with Crippen LogP contribution >= 0.6 is 11.8 Å². The molecule has 0 radical (unpaired) electrons. The van der Waals surface area contributed by atoms with Gasteiger partial charge in [0.2, 0.25) is 0 Å². The molecule has 0 amide bonds. The molecule has 0 saturated heterocycles. The van der Waals surface area contributed by atoms with Crippen LogP contribution in [0, 0.1) is 11.6 Å². The van der Waals surface area contributed by atoms with Crippen LogP contribution in [0.5, 0.6) is 0 Å². The Bertz CT molecular complexity index is 363. The van der Waals surface area contributed by atoms with Crippen LogP contribution in [0.4, 0.5) is 8.78 Å². The molecule has 18 heavy (non-hydrogen) atoms. The van der Waals surface area contributed by atoms with E-state index in [0.717, 1.165) is 12.1 Å². The monoisotopic (exact) mass is 278 g/mol. The van der Waals surface area contributed by atoms with Crippen molar-refractivity contribution in [1.29, 1.82) is 0 Å². The van der Waals surface area contributed by atoms with Crippen LogP contribution in [0.15, 0.2) is 23.1 Å². The number of aliphatic hydroxyl groups excluding tert-OH is 1. The van der Waals surface area contributed by atoms with Crippen molar-refractivity contribution < 1.29 is 23.4 Å². The van der Waals surface area contributed by atoms with Gasteiger partial charge in [-0.05, 0) is 18.2 Å². The van der Waals surface area contributed by atoms with Gasteiger partial charge in [-0.15, -0.1) is 11.8 Å². The highest BCUT2D eigenvalue weighted by atomic mass is 32.2. The second kappa shape index (κ2) is 8.42. The minimum absolute atomic E-state index is 0.194. The summed E-state index contributed by atoms with van der Waals surface area (Å²) in [5.74, 6) is -1.40. The summed E-state index contributed by atoms with van der Waals surface area (Å²) in [6.45, 7) is 1.09. The summed E-state index contributed by atoms with van der Waals surface area (Å²) in [6.07, 6.45) is -0.653. The minimum Gasteiger partial charge on any atom is -0.390 e. The minimum atomic E-state index is -0.883. The van der Waals surface area contributed by atoms with Crippen molar-refractivity contribution in [3.05, 3.63) is 29.8 Å². The molecule has 1 rings (SSSR count). The lowest BCUT2D eigenvalue weighted by Crippen LogP contribution is -2.19. The molecule has 0 bridgehead atoms. The Labute approximate surface area is 109 Å². The smallest absolute Gasteiger partial charge is 0.159 e. The summed E-state index contributed by atoms with van der Waals surface area (Å²) in [6, 6.07) is 3.65. The predicted octanol–water partition coefficient (Wildman–Crippen LogP) is 2.08. The van der Waals surface area contributed by atoms with E-state index in [1.54, 1.807) is 7.11 Å². The molecule has 0 aliphatic rings. The molecule has 1 atom stereocenters. The Balaban J connectivity index is 2.24. The molecule has 0 heterocycles. The van der Waals surface area contributed by atoms with Crippen LogP contribution in [0.2, 0.25) is 0 Å². The van der Waals surface area contributed by atoms with Crippen molar-refractivity contribution >= 4 is 11.8 Å². The fraction of sp³-hybridized carbons (Fsp3) is 0.500. The molecule has 3 nitrogen and oxygen atoms in total. The van der Waals surface area contributed by atoms with Gasteiger partial charge in [0.15, 0.2) is 11.6 Å². The van der Waals surface area contributed by atoms with E-state index in [4.69, 9.17) is 9.47 Å². The highest BCUT2D eigenvalue weighted by Gasteiger charge is 2.07. The Hall–Kier alpha value is -0.690. The number of thioether (sulfide) groups is 1. The third-order valence-corrected chi connectivity index (χ3v) is 3.21. The molecule has 0 fully saturated rings. The van der Waals surface area contributed by atoms with E-state index in [2.05, 4.69) is 0 Å². The van der Waals surface area contributed by atoms with Crippen molar-refractivity contribution in [3.8, 4) is 0 Å². The van der Waals surface area contributed by atoms with Gasteiger partial charge in [0.1, 0.15) is 0 Å². The molecule has 1 aromatic carbocycles. The van der Waals surface area contributed by atoms with E-state index in [1.807, 2.05) is 0 Å². The quantitative estimate of drug-likeness (QED) is 0.584. The van der Waals surface area contributed by atoms with Gasteiger partial charge < -0.3 is 14.6 Å². The molecule has 1 N–H and O–H groups in total. The number of aliphatic hydroxyl groups is 1. The fourth-order valence-electron chi connectivity index (χ4n) is 1.17. The van der Waals surface area contributed by atoms with Crippen LogP contribution in [-0.2, 0) is 9.47 Å². The van der Waals surface area contributed by atoms with Crippen molar-refractivity contribution in [2.24, 2.45) is 0 Å². The van der Waals surface area contributed by atoms with Crippen LogP contribution in [0.1, 0.15) is 0 Å². The first-order valence-electron chi connectivity index (χ1n) is 5.46. The van der Waals surface area contributed by atoms with Gasteiger partial charge in [0.05, 0.1) is 25.9 Å². The number of benzene rings is 1. The molecule has 1 aromatic rings. The summed E-state index contributed by atoms with van der Waals surface area (Å²) < 4.78 is 35.5. The lowest BCUT2D eigenvalue weighted by Gasteiger charge is -2.10. The third-order valence-electron chi connectivity index (χ3n) is 2.08. The van der Waals surface area contributed by atoms with Crippen LogP contribution in [0.3, 0.4) is 0 Å². The zero-order valence-corrected chi connectivity index (χ0v) is 10.9. The van der Waals surface area contributed by atoms with Gasteiger partial charge >= 0.3 is 0 Å². The Morgan fingerprint density at radius 2 is 2.06 bits per heavy atom. The fourth-order valence-corrected chi connectivity index (χ4v) is 2.00. The third kappa shape index (κ3) is 5.77. The van der Waals surface area contributed by atoms with Crippen molar-refractivity contribution in [2.45, 2.75) is 11.0 Å². The molecule has 0 aliphatic heterocycles. The van der Waals surface area contributed by atoms with E-state index in [0.29, 0.717) is 23.9 Å². The van der Waals surface area contributed by atoms with Crippen molar-refractivity contribution in [3.63, 3.8) is 0 Å². The standard InChI is InChI=1S/C12H16F2O3S/c1-16-4-5-17-7-9(15)8-18-10-2-3-11(13)12(14)6-10/h2-3,6,9,15H,4-5,7-8H2,1H3. The van der Waals surface area contributed by atoms with Crippen molar-refractivity contribution in [1.82, 2.24) is 0 Å². The average molecular weight is 278 g/mol. The lowest BCUT2D eigenvalue weighted by atomic mass is 10.3. The maximum Gasteiger partial charge on any atom is 0.159 e.